The standard InChI is InChI=1S/C18H18N2O4/c21-13-6-4-11-2-1-3-15(14(11)9-13)20-18(22)19-12-5-7-16-17(8-12)24-10-23-16/h1-3,5,7-8,13,21H,4,6,9-10H2,(H2,19,20,22). The Bertz CT molecular complexity index is 791. The van der Waals surface area contributed by atoms with Gasteiger partial charge in [-0.1, -0.05) is 12.1 Å². The highest BCUT2D eigenvalue weighted by molar-refractivity contribution is 6.00. The maximum atomic E-state index is 12.3. The van der Waals surface area contributed by atoms with Crippen LogP contribution in [0.25, 0.3) is 0 Å². The van der Waals surface area contributed by atoms with E-state index in [9.17, 15) is 9.90 Å². The molecule has 0 bridgehead atoms. The van der Waals surface area contributed by atoms with E-state index in [0.717, 1.165) is 24.1 Å². The van der Waals surface area contributed by atoms with E-state index in [2.05, 4.69) is 10.6 Å². The van der Waals surface area contributed by atoms with Crippen LogP contribution in [0.3, 0.4) is 0 Å². The van der Waals surface area contributed by atoms with Crippen LogP contribution in [0.4, 0.5) is 16.2 Å². The summed E-state index contributed by atoms with van der Waals surface area (Å²) in [5, 5.41) is 15.5. The zero-order valence-electron chi connectivity index (χ0n) is 13.0. The van der Waals surface area contributed by atoms with E-state index in [4.69, 9.17) is 9.47 Å². The zero-order valence-corrected chi connectivity index (χ0v) is 13.0. The molecule has 0 fully saturated rings. The van der Waals surface area contributed by atoms with E-state index in [1.807, 2.05) is 18.2 Å². The number of fused-ring (bicyclic) bond motifs is 2. The number of amides is 2. The van der Waals surface area contributed by atoms with Crippen molar-refractivity contribution in [2.24, 2.45) is 0 Å². The van der Waals surface area contributed by atoms with E-state index >= 15 is 0 Å². The van der Waals surface area contributed by atoms with E-state index in [-0.39, 0.29) is 18.9 Å². The molecular weight excluding hydrogens is 308 g/mol. The quantitative estimate of drug-likeness (QED) is 0.793. The summed E-state index contributed by atoms with van der Waals surface area (Å²) in [4.78, 5) is 12.3. The third-order valence-electron chi connectivity index (χ3n) is 4.34. The average molecular weight is 326 g/mol. The molecule has 2 aliphatic rings. The molecular formula is C18H18N2O4. The molecule has 3 N–H and O–H groups in total. The SMILES string of the molecule is O=C(Nc1ccc2c(c1)OCO2)Nc1cccc2c1CC(O)CC2. The van der Waals surface area contributed by atoms with Gasteiger partial charge in [0, 0.05) is 23.9 Å². The number of carbonyl (C=O) groups is 1. The highest BCUT2D eigenvalue weighted by atomic mass is 16.7. The average Bonchev–Trinajstić information content (AvgIpc) is 3.03. The fourth-order valence-corrected chi connectivity index (χ4v) is 3.15. The summed E-state index contributed by atoms with van der Waals surface area (Å²) < 4.78 is 10.6. The maximum Gasteiger partial charge on any atom is 0.323 e. The number of aliphatic hydroxyl groups excluding tert-OH is 1. The second-order valence-corrected chi connectivity index (χ2v) is 5.99. The van der Waals surface area contributed by atoms with Crippen LogP contribution < -0.4 is 20.1 Å². The first kappa shape index (κ1) is 14.8. The van der Waals surface area contributed by atoms with Gasteiger partial charge in [-0.05, 0) is 42.2 Å². The summed E-state index contributed by atoms with van der Waals surface area (Å²) in [5.41, 5.74) is 3.56. The Morgan fingerprint density at radius 3 is 2.92 bits per heavy atom. The molecule has 2 aromatic rings. The Balaban J connectivity index is 1.49. The normalized spacial score (nSPS) is 18.0. The monoisotopic (exact) mass is 326 g/mol. The number of urea groups is 1. The molecule has 124 valence electrons. The summed E-state index contributed by atoms with van der Waals surface area (Å²) in [6.07, 6.45) is 1.81. The molecule has 1 heterocycles. The minimum Gasteiger partial charge on any atom is -0.454 e. The molecule has 0 saturated carbocycles. The molecule has 0 saturated heterocycles. The smallest absolute Gasteiger partial charge is 0.323 e. The number of hydrogen-bond donors (Lipinski definition) is 3. The van der Waals surface area contributed by atoms with Gasteiger partial charge in [0.2, 0.25) is 6.79 Å². The van der Waals surface area contributed by atoms with Crippen molar-refractivity contribution in [3.8, 4) is 11.5 Å². The van der Waals surface area contributed by atoms with Crippen LogP contribution in [0.2, 0.25) is 0 Å². The van der Waals surface area contributed by atoms with Crippen LogP contribution in [-0.2, 0) is 12.8 Å². The van der Waals surface area contributed by atoms with Crippen molar-refractivity contribution in [3.63, 3.8) is 0 Å². The zero-order chi connectivity index (χ0) is 16.5. The van der Waals surface area contributed by atoms with Crippen LogP contribution in [0.15, 0.2) is 36.4 Å². The molecule has 0 aromatic heterocycles. The van der Waals surface area contributed by atoms with Gasteiger partial charge in [-0.25, -0.2) is 4.79 Å². The van der Waals surface area contributed by atoms with Crippen LogP contribution >= 0.6 is 0 Å². The Morgan fingerprint density at radius 1 is 1.12 bits per heavy atom. The lowest BCUT2D eigenvalue weighted by atomic mass is 9.88. The lowest BCUT2D eigenvalue weighted by Crippen LogP contribution is -2.24. The summed E-state index contributed by atoms with van der Waals surface area (Å²) >= 11 is 0. The summed E-state index contributed by atoms with van der Waals surface area (Å²) in [5.74, 6) is 1.29. The molecule has 6 heteroatoms. The number of benzene rings is 2. The van der Waals surface area contributed by atoms with E-state index < -0.39 is 0 Å². The summed E-state index contributed by atoms with van der Waals surface area (Å²) in [7, 11) is 0. The number of aliphatic hydroxyl groups is 1. The van der Waals surface area contributed by atoms with Gasteiger partial charge in [-0.3, -0.25) is 0 Å². The lowest BCUT2D eigenvalue weighted by Gasteiger charge is -2.23. The third kappa shape index (κ3) is 2.88. The first-order valence-corrected chi connectivity index (χ1v) is 7.95. The Kier molecular flexibility index (Phi) is 3.74. The van der Waals surface area contributed by atoms with Gasteiger partial charge in [-0.15, -0.1) is 0 Å². The molecule has 1 atom stereocenters. The second-order valence-electron chi connectivity index (χ2n) is 5.99. The van der Waals surface area contributed by atoms with E-state index in [1.54, 1.807) is 18.2 Å². The highest BCUT2D eigenvalue weighted by Gasteiger charge is 2.20. The van der Waals surface area contributed by atoms with Crippen molar-refractivity contribution in [2.45, 2.75) is 25.4 Å². The molecule has 1 aliphatic carbocycles. The molecule has 1 aliphatic heterocycles. The van der Waals surface area contributed by atoms with Gasteiger partial charge in [0.05, 0.1) is 6.10 Å². The molecule has 24 heavy (non-hydrogen) atoms. The van der Waals surface area contributed by atoms with Crippen LogP contribution in [0, 0.1) is 0 Å². The minimum atomic E-state index is -0.350. The van der Waals surface area contributed by atoms with Gasteiger partial charge < -0.3 is 25.2 Å². The van der Waals surface area contributed by atoms with Crippen molar-refractivity contribution in [1.29, 1.82) is 0 Å². The molecule has 2 aromatic carbocycles. The maximum absolute atomic E-state index is 12.3. The number of anilines is 2. The third-order valence-corrected chi connectivity index (χ3v) is 4.34. The molecule has 0 spiro atoms. The lowest BCUT2D eigenvalue weighted by molar-refractivity contribution is 0.159. The second kappa shape index (κ2) is 6.05. The number of nitrogens with one attached hydrogen (secondary N) is 2. The largest absolute Gasteiger partial charge is 0.454 e. The fourth-order valence-electron chi connectivity index (χ4n) is 3.15. The molecule has 0 radical (unpaired) electrons. The van der Waals surface area contributed by atoms with Crippen molar-refractivity contribution in [1.82, 2.24) is 0 Å². The molecule has 2 amide bonds. The predicted molar refractivity (Wildman–Crippen MR) is 89.7 cm³/mol. The van der Waals surface area contributed by atoms with E-state index in [1.165, 1.54) is 5.56 Å². The summed E-state index contributed by atoms with van der Waals surface area (Å²) in [6, 6.07) is 10.7. The van der Waals surface area contributed by atoms with Crippen molar-refractivity contribution in [3.05, 3.63) is 47.5 Å². The van der Waals surface area contributed by atoms with Gasteiger partial charge >= 0.3 is 6.03 Å². The topological polar surface area (TPSA) is 79.8 Å². The molecule has 4 rings (SSSR count). The number of rotatable bonds is 2. The van der Waals surface area contributed by atoms with Crippen LogP contribution in [0.5, 0.6) is 11.5 Å². The number of aryl methyl sites for hydroxylation is 1. The minimum absolute atomic E-state index is 0.198. The van der Waals surface area contributed by atoms with Crippen LogP contribution in [-0.4, -0.2) is 24.0 Å². The number of ether oxygens (including phenoxy) is 2. The number of hydrogen-bond acceptors (Lipinski definition) is 4. The van der Waals surface area contributed by atoms with Crippen molar-refractivity contribution in [2.75, 3.05) is 17.4 Å². The van der Waals surface area contributed by atoms with Gasteiger partial charge in [0.25, 0.3) is 0 Å². The first-order valence-electron chi connectivity index (χ1n) is 7.95. The predicted octanol–water partition coefficient (Wildman–Crippen LogP) is 2.91. The van der Waals surface area contributed by atoms with Gasteiger partial charge in [-0.2, -0.15) is 0 Å². The van der Waals surface area contributed by atoms with Gasteiger partial charge in [0.1, 0.15) is 0 Å². The Labute approximate surface area is 139 Å². The van der Waals surface area contributed by atoms with Gasteiger partial charge in [0.15, 0.2) is 11.5 Å². The van der Waals surface area contributed by atoms with Crippen molar-refractivity contribution >= 4 is 17.4 Å². The molecule has 1 unspecified atom stereocenters. The summed E-state index contributed by atoms with van der Waals surface area (Å²) in [6.45, 7) is 0.198. The fraction of sp³-hybridized carbons (Fsp3) is 0.278. The number of carbonyl (C=O) groups excluding carboxylic acids is 1. The molecule has 6 nitrogen and oxygen atoms in total. The Hall–Kier alpha value is -2.73. The van der Waals surface area contributed by atoms with Crippen molar-refractivity contribution < 1.29 is 19.4 Å². The first-order chi connectivity index (χ1) is 11.7. The van der Waals surface area contributed by atoms with E-state index in [0.29, 0.717) is 23.6 Å². The highest BCUT2D eigenvalue weighted by Crippen LogP contribution is 2.34. The Morgan fingerprint density at radius 2 is 2.00 bits per heavy atom. The van der Waals surface area contributed by atoms with Crippen LogP contribution in [0.1, 0.15) is 17.5 Å².